The summed E-state index contributed by atoms with van der Waals surface area (Å²) in [5.41, 5.74) is 12.8. The van der Waals surface area contributed by atoms with Gasteiger partial charge >= 0.3 is 0 Å². The molecule has 1 aliphatic rings. The van der Waals surface area contributed by atoms with Crippen molar-refractivity contribution in [1.29, 1.82) is 0 Å². The topological polar surface area (TPSA) is 34.8 Å². The van der Waals surface area contributed by atoms with E-state index in [0.717, 1.165) is 19.5 Å². The quantitative estimate of drug-likeness (QED) is 0.533. The molecule has 0 radical (unpaired) electrons. The van der Waals surface area contributed by atoms with Crippen LogP contribution in [0.15, 0.2) is 36.5 Å². The molecule has 0 spiro atoms. The lowest BCUT2D eigenvalue weighted by atomic mass is 9.95. The van der Waals surface area contributed by atoms with Crippen molar-refractivity contribution >= 4 is 10.9 Å². The van der Waals surface area contributed by atoms with Crippen molar-refractivity contribution < 1.29 is 0 Å². The van der Waals surface area contributed by atoms with Gasteiger partial charge in [0.25, 0.3) is 0 Å². The van der Waals surface area contributed by atoms with E-state index in [9.17, 15) is 0 Å². The number of aromatic nitrogens is 3. The molecule has 4 nitrogen and oxygen atoms in total. The van der Waals surface area contributed by atoms with Crippen molar-refractivity contribution in [3.05, 3.63) is 70.0 Å². The lowest BCUT2D eigenvalue weighted by Gasteiger charge is -2.18. The standard InChI is InChI=1S/C25H28N4/c1-15-7-6-8-16(2)23(15)29-25(21-14-26-11-9-22(21)27-29)20-13-17(3)18(4)24-19(20)10-12-28(24)5/h6-8,10,12-13,26H,9,11,14H2,1-5H3. The molecule has 3 heterocycles. The fraction of sp³-hybridized carbons (Fsp3) is 0.320. The van der Waals surface area contributed by atoms with Crippen LogP contribution in [-0.2, 0) is 20.0 Å². The Bertz CT molecular complexity index is 1240. The Morgan fingerprint density at radius 1 is 1.00 bits per heavy atom. The highest BCUT2D eigenvalue weighted by Crippen LogP contribution is 2.39. The molecule has 4 aromatic rings. The maximum Gasteiger partial charge on any atom is 0.0796 e. The first kappa shape index (κ1) is 18.2. The van der Waals surface area contributed by atoms with Crippen LogP contribution in [-0.4, -0.2) is 20.9 Å². The first-order valence-corrected chi connectivity index (χ1v) is 10.4. The minimum atomic E-state index is 0.872. The van der Waals surface area contributed by atoms with Crippen molar-refractivity contribution in [2.45, 2.75) is 40.7 Å². The molecule has 0 amide bonds. The summed E-state index contributed by atoms with van der Waals surface area (Å²) in [7, 11) is 2.14. The highest BCUT2D eigenvalue weighted by molar-refractivity contribution is 5.98. The zero-order valence-electron chi connectivity index (χ0n) is 17.9. The molecule has 0 aliphatic carbocycles. The molecule has 2 aromatic carbocycles. The van der Waals surface area contributed by atoms with Gasteiger partial charge in [0, 0.05) is 49.3 Å². The summed E-state index contributed by atoms with van der Waals surface area (Å²) in [6.45, 7) is 10.7. The van der Waals surface area contributed by atoms with Gasteiger partial charge in [-0.2, -0.15) is 5.10 Å². The minimum Gasteiger partial charge on any atom is -0.350 e. The number of benzene rings is 2. The third kappa shape index (κ3) is 2.66. The predicted octanol–water partition coefficient (Wildman–Crippen LogP) is 4.91. The number of nitrogens with one attached hydrogen (secondary N) is 1. The fourth-order valence-electron chi connectivity index (χ4n) is 4.88. The number of nitrogens with zero attached hydrogens (tertiary/aromatic N) is 3. The molecule has 0 unspecified atom stereocenters. The Labute approximate surface area is 172 Å². The predicted molar refractivity (Wildman–Crippen MR) is 120 cm³/mol. The smallest absolute Gasteiger partial charge is 0.0796 e. The number of hydrogen-bond acceptors (Lipinski definition) is 2. The molecule has 1 aliphatic heterocycles. The van der Waals surface area contributed by atoms with E-state index in [1.807, 2.05) is 0 Å². The van der Waals surface area contributed by atoms with Gasteiger partial charge in [-0.3, -0.25) is 0 Å². The third-order valence-electron chi connectivity index (χ3n) is 6.48. The SMILES string of the molecule is Cc1cccc(C)c1-n1nc2c(c1-c1cc(C)c(C)c3c1ccn3C)CNCC2. The van der Waals surface area contributed by atoms with E-state index in [-0.39, 0.29) is 0 Å². The van der Waals surface area contributed by atoms with Crippen LogP contribution in [0, 0.1) is 27.7 Å². The monoisotopic (exact) mass is 384 g/mol. The van der Waals surface area contributed by atoms with Crippen molar-refractivity contribution in [2.75, 3.05) is 6.54 Å². The Kier molecular flexibility index (Phi) is 4.14. The van der Waals surface area contributed by atoms with Gasteiger partial charge in [-0.05, 0) is 62.1 Å². The molecule has 5 rings (SSSR count). The second kappa shape index (κ2) is 6.60. The highest BCUT2D eigenvalue weighted by atomic mass is 15.3. The van der Waals surface area contributed by atoms with E-state index in [1.165, 1.54) is 61.4 Å². The molecule has 2 aromatic heterocycles. The van der Waals surface area contributed by atoms with Gasteiger partial charge in [0.2, 0.25) is 0 Å². The largest absolute Gasteiger partial charge is 0.350 e. The van der Waals surface area contributed by atoms with Crippen LogP contribution >= 0.6 is 0 Å². The van der Waals surface area contributed by atoms with Crippen molar-refractivity contribution in [3.8, 4) is 16.9 Å². The Balaban J connectivity index is 1.91. The van der Waals surface area contributed by atoms with Crippen LogP contribution in [0.5, 0.6) is 0 Å². The Hall–Kier alpha value is -2.85. The van der Waals surface area contributed by atoms with E-state index < -0.39 is 0 Å². The van der Waals surface area contributed by atoms with E-state index in [2.05, 4.69) is 85.8 Å². The first-order chi connectivity index (χ1) is 14.0. The fourth-order valence-corrected chi connectivity index (χ4v) is 4.88. The first-order valence-electron chi connectivity index (χ1n) is 10.4. The van der Waals surface area contributed by atoms with E-state index in [4.69, 9.17) is 5.10 Å². The molecule has 0 bridgehead atoms. The summed E-state index contributed by atoms with van der Waals surface area (Å²) in [5, 5.41) is 10.0. The Morgan fingerprint density at radius 3 is 2.52 bits per heavy atom. The number of hydrogen-bond donors (Lipinski definition) is 1. The number of rotatable bonds is 2. The molecule has 0 saturated heterocycles. The molecule has 1 N–H and O–H groups in total. The molecule has 0 saturated carbocycles. The molecular weight excluding hydrogens is 356 g/mol. The summed E-state index contributed by atoms with van der Waals surface area (Å²) < 4.78 is 4.46. The molecule has 148 valence electrons. The van der Waals surface area contributed by atoms with Crippen molar-refractivity contribution in [3.63, 3.8) is 0 Å². The van der Waals surface area contributed by atoms with Gasteiger partial charge in [-0.15, -0.1) is 0 Å². The lowest BCUT2D eigenvalue weighted by Crippen LogP contribution is -2.23. The molecule has 0 fully saturated rings. The summed E-state index contributed by atoms with van der Waals surface area (Å²) in [4.78, 5) is 0. The van der Waals surface area contributed by atoms with Crippen molar-refractivity contribution in [2.24, 2.45) is 7.05 Å². The summed E-state index contributed by atoms with van der Waals surface area (Å²) >= 11 is 0. The molecule has 29 heavy (non-hydrogen) atoms. The second-order valence-corrected chi connectivity index (χ2v) is 8.41. The summed E-state index contributed by atoms with van der Waals surface area (Å²) in [6.07, 6.45) is 3.15. The van der Waals surface area contributed by atoms with Gasteiger partial charge in [0.1, 0.15) is 0 Å². The average molecular weight is 385 g/mol. The average Bonchev–Trinajstić information content (AvgIpc) is 3.26. The zero-order chi connectivity index (χ0) is 20.3. The summed E-state index contributed by atoms with van der Waals surface area (Å²) in [5.74, 6) is 0. The number of para-hydroxylation sites is 1. The third-order valence-corrected chi connectivity index (χ3v) is 6.48. The highest BCUT2D eigenvalue weighted by Gasteiger charge is 2.26. The van der Waals surface area contributed by atoms with Crippen LogP contribution in [0.2, 0.25) is 0 Å². The van der Waals surface area contributed by atoms with Crippen LogP contribution in [0.4, 0.5) is 0 Å². The van der Waals surface area contributed by atoms with Gasteiger partial charge < -0.3 is 9.88 Å². The van der Waals surface area contributed by atoms with Crippen LogP contribution in [0.25, 0.3) is 27.8 Å². The van der Waals surface area contributed by atoms with Crippen LogP contribution < -0.4 is 5.32 Å². The van der Waals surface area contributed by atoms with E-state index in [1.54, 1.807) is 0 Å². The Morgan fingerprint density at radius 2 is 1.76 bits per heavy atom. The minimum absolute atomic E-state index is 0.872. The van der Waals surface area contributed by atoms with Gasteiger partial charge in [0.05, 0.1) is 22.6 Å². The van der Waals surface area contributed by atoms with Crippen LogP contribution in [0.3, 0.4) is 0 Å². The zero-order valence-corrected chi connectivity index (χ0v) is 17.9. The summed E-state index contributed by atoms with van der Waals surface area (Å²) in [6, 6.07) is 11.1. The number of fused-ring (bicyclic) bond motifs is 2. The van der Waals surface area contributed by atoms with Crippen molar-refractivity contribution in [1.82, 2.24) is 19.7 Å². The maximum atomic E-state index is 5.15. The normalized spacial score (nSPS) is 13.8. The number of aryl methyl sites for hydroxylation is 5. The lowest BCUT2D eigenvalue weighted by molar-refractivity contribution is 0.635. The maximum absolute atomic E-state index is 5.15. The van der Waals surface area contributed by atoms with E-state index in [0.29, 0.717) is 0 Å². The van der Waals surface area contributed by atoms with Crippen LogP contribution in [0.1, 0.15) is 33.5 Å². The second-order valence-electron chi connectivity index (χ2n) is 8.41. The molecular formula is C25H28N4. The van der Waals surface area contributed by atoms with Gasteiger partial charge in [-0.25, -0.2) is 4.68 Å². The van der Waals surface area contributed by atoms with Gasteiger partial charge in [0.15, 0.2) is 0 Å². The van der Waals surface area contributed by atoms with E-state index >= 15 is 0 Å². The van der Waals surface area contributed by atoms with Gasteiger partial charge in [-0.1, -0.05) is 18.2 Å². The molecule has 0 atom stereocenters. The molecule has 4 heteroatoms.